The van der Waals surface area contributed by atoms with Gasteiger partial charge in [-0.05, 0) is 26.7 Å². The summed E-state index contributed by atoms with van der Waals surface area (Å²) >= 11 is 0. The van der Waals surface area contributed by atoms with Gasteiger partial charge in [-0.2, -0.15) is 0 Å². The van der Waals surface area contributed by atoms with E-state index in [1.165, 1.54) is 0 Å². The van der Waals surface area contributed by atoms with E-state index in [9.17, 15) is 0 Å². The van der Waals surface area contributed by atoms with Crippen LogP contribution in [0.2, 0.25) is 0 Å². The molecule has 90 valence electrons. The van der Waals surface area contributed by atoms with Gasteiger partial charge in [0.1, 0.15) is 11.6 Å². The van der Waals surface area contributed by atoms with Crippen molar-refractivity contribution in [2.45, 2.75) is 38.8 Å². The van der Waals surface area contributed by atoms with Crippen LogP contribution >= 0.6 is 0 Å². The third kappa shape index (κ3) is 2.41. The SMILES string of the molecule is Cc1nnc(CNC2(C)CCCOC2)n1C. The zero-order valence-electron chi connectivity index (χ0n) is 10.3. The molecule has 5 nitrogen and oxygen atoms in total. The molecule has 1 aromatic heterocycles. The first-order valence-corrected chi connectivity index (χ1v) is 5.78. The zero-order valence-corrected chi connectivity index (χ0v) is 10.3. The topological polar surface area (TPSA) is 52.0 Å². The van der Waals surface area contributed by atoms with Crippen molar-refractivity contribution < 1.29 is 4.74 Å². The van der Waals surface area contributed by atoms with Gasteiger partial charge in [0.15, 0.2) is 0 Å². The first-order valence-electron chi connectivity index (χ1n) is 5.78. The van der Waals surface area contributed by atoms with Gasteiger partial charge in [-0.25, -0.2) is 0 Å². The molecule has 5 heteroatoms. The summed E-state index contributed by atoms with van der Waals surface area (Å²) in [6.07, 6.45) is 2.28. The van der Waals surface area contributed by atoms with Crippen molar-refractivity contribution in [2.75, 3.05) is 13.2 Å². The molecule has 1 saturated heterocycles. The van der Waals surface area contributed by atoms with E-state index in [2.05, 4.69) is 22.4 Å². The second-order valence-corrected chi connectivity index (χ2v) is 4.79. The van der Waals surface area contributed by atoms with Crippen LogP contribution < -0.4 is 5.32 Å². The lowest BCUT2D eigenvalue weighted by Gasteiger charge is -2.34. The molecule has 0 spiro atoms. The molecule has 1 atom stereocenters. The van der Waals surface area contributed by atoms with E-state index < -0.39 is 0 Å². The van der Waals surface area contributed by atoms with Crippen LogP contribution in [0, 0.1) is 6.92 Å². The van der Waals surface area contributed by atoms with E-state index in [4.69, 9.17) is 4.74 Å². The average Bonchev–Trinajstić information content (AvgIpc) is 2.58. The highest BCUT2D eigenvalue weighted by Crippen LogP contribution is 2.18. The van der Waals surface area contributed by atoms with E-state index >= 15 is 0 Å². The quantitative estimate of drug-likeness (QED) is 0.824. The van der Waals surface area contributed by atoms with E-state index in [1.54, 1.807) is 0 Å². The monoisotopic (exact) mass is 224 g/mol. The van der Waals surface area contributed by atoms with Crippen LogP contribution in [-0.2, 0) is 18.3 Å². The molecule has 16 heavy (non-hydrogen) atoms. The normalized spacial score (nSPS) is 25.9. The van der Waals surface area contributed by atoms with Gasteiger partial charge in [-0.1, -0.05) is 0 Å². The minimum absolute atomic E-state index is 0.0815. The molecular weight excluding hydrogens is 204 g/mol. The highest BCUT2D eigenvalue weighted by Gasteiger charge is 2.27. The first kappa shape index (κ1) is 11.5. The van der Waals surface area contributed by atoms with E-state index in [1.807, 2.05) is 18.5 Å². The standard InChI is InChI=1S/C11H20N4O/c1-9-13-14-10(15(9)3)7-12-11(2)5-4-6-16-8-11/h12H,4-8H2,1-3H3. The highest BCUT2D eigenvalue weighted by molar-refractivity contribution is 4.95. The smallest absolute Gasteiger partial charge is 0.146 e. The van der Waals surface area contributed by atoms with Crippen molar-refractivity contribution >= 4 is 0 Å². The fraction of sp³-hybridized carbons (Fsp3) is 0.818. The summed E-state index contributed by atoms with van der Waals surface area (Å²) in [5, 5.41) is 11.7. The van der Waals surface area contributed by atoms with Crippen LogP contribution in [0.1, 0.15) is 31.4 Å². The molecule has 1 N–H and O–H groups in total. The van der Waals surface area contributed by atoms with Crippen LogP contribution in [0.4, 0.5) is 0 Å². The van der Waals surface area contributed by atoms with Crippen molar-refractivity contribution in [1.82, 2.24) is 20.1 Å². The van der Waals surface area contributed by atoms with Gasteiger partial charge < -0.3 is 14.6 Å². The molecule has 1 fully saturated rings. The van der Waals surface area contributed by atoms with Crippen molar-refractivity contribution in [1.29, 1.82) is 0 Å². The Labute approximate surface area is 96.2 Å². The Balaban J connectivity index is 1.93. The maximum absolute atomic E-state index is 5.50. The molecule has 0 radical (unpaired) electrons. The summed E-state index contributed by atoms with van der Waals surface area (Å²) in [7, 11) is 1.99. The molecule has 2 heterocycles. The third-order valence-electron chi connectivity index (χ3n) is 3.29. The van der Waals surface area contributed by atoms with Crippen LogP contribution in [0.3, 0.4) is 0 Å². The number of ether oxygens (including phenoxy) is 1. The van der Waals surface area contributed by atoms with E-state index in [-0.39, 0.29) is 5.54 Å². The predicted octanol–water partition coefficient (Wildman–Crippen LogP) is 0.782. The summed E-state index contributed by atoms with van der Waals surface area (Å²) in [6, 6.07) is 0. The number of nitrogens with zero attached hydrogens (tertiary/aromatic N) is 3. The first-order chi connectivity index (χ1) is 7.61. The number of nitrogens with one attached hydrogen (secondary N) is 1. The van der Waals surface area contributed by atoms with Gasteiger partial charge in [-0.3, -0.25) is 0 Å². The van der Waals surface area contributed by atoms with Gasteiger partial charge in [0.05, 0.1) is 13.2 Å². The van der Waals surface area contributed by atoms with Gasteiger partial charge in [-0.15, -0.1) is 10.2 Å². The Morgan fingerprint density at radius 1 is 1.50 bits per heavy atom. The molecule has 0 aliphatic carbocycles. The van der Waals surface area contributed by atoms with Gasteiger partial charge in [0, 0.05) is 19.2 Å². The fourth-order valence-electron chi connectivity index (χ4n) is 1.97. The Kier molecular flexibility index (Phi) is 3.25. The van der Waals surface area contributed by atoms with E-state index in [0.717, 1.165) is 44.2 Å². The lowest BCUT2D eigenvalue weighted by molar-refractivity contribution is 0.0274. The Bertz CT molecular complexity index is 355. The lowest BCUT2D eigenvalue weighted by Crippen LogP contribution is -2.48. The fourth-order valence-corrected chi connectivity index (χ4v) is 1.97. The lowest BCUT2D eigenvalue weighted by atomic mass is 9.95. The second kappa shape index (κ2) is 4.51. The summed E-state index contributed by atoms with van der Waals surface area (Å²) in [6.45, 7) is 6.58. The van der Waals surface area contributed by atoms with Gasteiger partial charge in [0.2, 0.25) is 0 Å². The molecule has 2 rings (SSSR count). The predicted molar refractivity (Wildman–Crippen MR) is 61.0 cm³/mol. The molecule has 0 amide bonds. The minimum Gasteiger partial charge on any atom is -0.380 e. The summed E-state index contributed by atoms with van der Waals surface area (Å²) in [4.78, 5) is 0. The highest BCUT2D eigenvalue weighted by atomic mass is 16.5. The maximum Gasteiger partial charge on any atom is 0.146 e. The van der Waals surface area contributed by atoms with Gasteiger partial charge in [0.25, 0.3) is 0 Å². The maximum atomic E-state index is 5.50. The van der Waals surface area contributed by atoms with Crippen LogP contribution in [0.25, 0.3) is 0 Å². The molecule has 0 bridgehead atoms. The molecule has 1 aliphatic heterocycles. The number of aryl methyl sites for hydroxylation is 1. The summed E-state index contributed by atoms with van der Waals surface area (Å²) in [5.41, 5.74) is 0.0815. The van der Waals surface area contributed by atoms with Crippen molar-refractivity contribution in [3.05, 3.63) is 11.6 Å². The summed E-state index contributed by atoms with van der Waals surface area (Å²) < 4.78 is 7.52. The number of aromatic nitrogens is 3. The molecule has 0 saturated carbocycles. The average molecular weight is 224 g/mol. The Hall–Kier alpha value is -0.940. The largest absolute Gasteiger partial charge is 0.380 e. The third-order valence-corrected chi connectivity index (χ3v) is 3.29. The summed E-state index contributed by atoms with van der Waals surface area (Å²) in [5.74, 6) is 1.92. The van der Waals surface area contributed by atoms with Crippen molar-refractivity contribution in [3.63, 3.8) is 0 Å². The number of hydrogen-bond donors (Lipinski definition) is 1. The zero-order chi connectivity index (χ0) is 11.6. The van der Waals surface area contributed by atoms with Crippen molar-refractivity contribution in [3.8, 4) is 0 Å². The minimum atomic E-state index is 0.0815. The van der Waals surface area contributed by atoms with Crippen LogP contribution in [-0.4, -0.2) is 33.5 Å². The number of hydrogen-bond acceptors (Lipinski definition) is 4. The van der Waals surface area contributed by atoms with Gasteiger partial charge >= 0.3 is 0 Å². The molecule has 1 unspecified atom stereocenters. The van der Waals surface area contributed by atoms with E-state index in [0.29, 0.717) is 0 Å². The molecule has 1 aromatic rings. The number of rotatable bonds is 3. The molecule has 0 aromatic carbocycles. The molecular formula is C11H20N4O. The van der Waals surface area contributed by atoms with Crippen molar-refractivity contribution in [2.24, 2.45) is 7.05 Å². The Morgan fingerprint density at radius 3 is 2.88 bits per heavy atom. The Morgan fingerprint density at radius 2 is 2.31 bits per heavy atom. The van der Waals surface area contributed by atoms with Crippen LogP contribution in [0.15, 0.2) is 0 Å². The second-order valence-electron chi connectivity index (χ2n) is 4.79. The molecule has 1 aliphatic rings. The van der Waals surface area contributed by atoms with Crippen LogP contribution in [0.5, 0.6) is 0 Å².